The van der Waals surface area contributed by atoms with Crippen LogP contribution in [0.2, 0.25) is 5.02 Å². The van der Waals surface area contributed by atoms with Crippen molar-refractivity contribution in [2.24, 2.45) is 0 Å². The second-order valence-corrected chi connectivity index (χ2v) is 5.08. The molecule has 0 bridgehead atoms. The van der Waals surface area contributed by atoms with E-state index in [9.17, 15) is 8.78 Å². The number of nitrogens with two attached hydrogens (primary N) is 1. The molecule has 20 heavy (non-hydrogen) atoms. The van der Waals surface area contributed by atoms with Gasteiger partial charge in [0, 0.05) is 12.1 Å². The van der Waals surface area contributed by atoms with E-state index < -0.39 is 11.6 Å². The zero-order chi connectivity index (χ0) is 14.9. The van der Waals surface area contributed by atoms with E-state index in [0.29, 0.717) is 5.02 Å². The molecular formula is C15H15ClF2N2. The number of rotatable bonds is 3. The smallest absolute Gasteiger partial charge is 0.184 e. The number of nitrogens with zero attached hydrogens (tertiary/aromatic N) is 1. The van der Waals surface area contributed by atoms with Gasteiger partial charge in [-0.15, -0.1) is 0 Å². The third-order valence-corrected chi connectivity index (χ3v) is 3.60. The van der Waals surface area contributed by atoms with Gasteiger partial charge in [0.2, 0.25) is 0 Å². The summed E-state index contributed by atoms with van der Waals surface area (Å²) in [6.45, 7) is 1.87. The third-order valence-electron chi connectivity index (χ3n) is 3.36. The van der Waals surface area contributed by atoms with E-state index >= 15 is 0 Å². The lowest BCUT2D eigenvalue weighted by atomic mass is 10.1. The number of anilines is 2. The Kier molecular flexibility index (Phi) is 4.14. The van der Waals surface area contributed by atoms with Crippen LogP contribution in [0.25, 0.3) is 0 Å². The van der Waals surface area contributed by atoms with Gasteiger partial charge >= 0.3 is 0 Å². The maximum atomic E-state index is 13.9. The first-order valence-corrected chi connectivity index (χ1v) is 6.51. The molecule has 0 aliphatic carbocycles. The third kappa shape index (κ3) is 2.70. The van der Waals surface area contributed by atoms with Crippen LogP contribution in [0.15, 0.2) is 36.4 Å². The van der Waals surface area contributed by atoms with Crippen LogP contribution in [-0.4, -0.2) is 7.05 Å². The SMILES string of the molecule is CC(c1cccc(Cl)c1)N(C)c1c(N)ccc(F)c1F. The molecule has 2 nitrogen and oxygen atoms in total. The van der Waals surface area contributed by atoms with Crippen LogP contribution < -0.4 is 10.6 Å². The Morgan fingerprint density at radius 2 is 1.90 bits per heavy atom. The van der Waals surface area contributed by atoms with Gasteiger partial charge in [-0.05, 0) is 36.8 Å². The molecule has 5 heteroatoms. The standard InChI is InChI=1S/C15H15ClF2N2/c1-9(10-4-3-5-11(16)8-10)20(2)15-13(19)7-6-12(17)14(15)18/h3-9H,19H2,1-2H3. The minimum Gasteiger partial charge on any atom is -0.397 e. The first-order chi connectivity index (χ1) is 9.41. The summed E-state index contributed by atoms with van der Waals surface area (Å²) in [5, 5.41) is 0.593. The summed E-state index contributed by atoms with van der Waals surface area (Å²) in [4.78, 5) is 1.60. The molecule has 0 aliphatic rings. The summed E-state index contributed by atoms with van der Waals surface area (Å²) in [6.07, 6.45) is 0. The van der Waals surface area contributed by atoms with Crippen molar-refractivity contribution in [3.05, 3.63) is 58.6 Å². The van der Waals surface area contributed by atoms with Gasteiger partial charge in [-0.3, -0.25) is 0 Å². The Labute approximate surface area is 121 Å². The Bertz CT molecular complexity index is 631. The molecule has 1 atom stereocenters. The molecule has 2 rings (SSSR count). The van der Waals surface area contributed by atoms with Crippen LogP contribution in [0.4, 0.5) is 20.2 Å². The Balaban J connectivity index is 2.41. The molecule has 0 saturated heterocycles. The van der Waals surface area contributed by atoms with Crippen molar-refractivity contribution in [1.82, 2.24) is 0 Å². The number of hydrogen-bond donors (Lipinski definition) is 1. The molecule has 2 N–H and O–H groups in total. The molecule has 0 radical (unpaired) electrons. The monoisotopic (exact) mass is 296 g/mol. The highest BCUT2D eigenvalue weighted by Crippen LogP contribution is 2.33. The molecule has 0 aliphatic heterocycles. The molecule has 1 unspecified atom stereocenters. The van der Waals surface area contributed by atoms with E-state index in [1.165, 1.54) is 6.07 Å². The molecule has 0 spiro atoms. The highest BCUT2D eigenvalue weighted by atomic mass is 35.5. The van der Waals surface area contributed by atoms with Gasteiger partial charge in [0.15, 0.2) is 11.6 Å². The summed E-state index contributed by atoms with van der Waals surface area (Å²) in [7, 11) is 1.67. The molecule has 0 amide bonds. The van der Waals surface area contributed by atoms with E-state index in [1.807, 2.05) is 19.1 Å². The molecular weight excluding hydrogens is 282 g/mol. The quantitative estimate of drug-likeness (QED) is 0.851. The highest BCUT2D eigenvalue weighted by Gasteiger charge is 2.20. The summed E-state index contributed by atoms with van der Waals surface area (Å²) < 4.78 is 27.3. The fraction of sp³-hybridized carbons (Fsp3) is 0.200. The van der Waals surface area contributed by atoms with Crippen LogP contribution >= 0.6 is 11.6 Å². The first kappa shape index (κ1) is 14.6. The minimum absolute atomic E-state index is 0.0532. The molecule has 0 saturated carbocycles. The molecule has 106 valence electrons. The highest BCUT2D eigenvalue weighted by molar-refractivity contribution is 6.30. The van der Waals surface area contributed by atoms with Gasteiger partial charge in [-0.25, -0.2) is 8.78 Å². The van der Waals surface area contributed by atoms with Crippen molar-refractivity contribution >= 4 is 23.0 Å². The zero-order valence-corrected chi connectivity index (χ0v) is 12.0. The van der Waals surface area contributed by atoms with Crippen molar-refractivity contribution in [3.63, 3.8) is 0 Å². The summed E-state index contributed by atoms with van der Waals surface area (Å²) >= 11 is 5.95. The van der Waals surface area contributed by atoms with Crippen LogP contribution in [0.5, 0.6) is 0 Å². The van der Waals surface area contributed by atoms with Crippen molar-refractivity contribution < 1.29 is 8.78 Å². The van der Waals surface area contributed by atoms with E-state index in [2.05, 4.69) is 0 Å². The Hall–Kier alpha value is -1.81. The van der Waals surface area contributed by atoms with Crippen LogP contribution in [-0.2, 0) is 0 Å². The molecule has 2 aromatic rings. The van der Waals surface area contributed by atoms with E-state index in [0.717, 1.165) is 11.6 Å². The molecule has 2 aromatic carbocycles. The van der Waals surface area contributed by atoms with Crippen molar-refractivity contribution in [2.75, 3.05) is 17.7 Å². The fourth-order valence-electron chi connectivity index (χ4n) is 2.10. The van der Waals surface area contributed by atoms with E-state index in [-0.39, 0.29) is 17.4 Å². The number of hydrogen-bond acceptors (Lipinski definition) is 2. The largest absolute Gasteiger partial charge is 0.397 e. The van der Waals surface area contributed by atoms with Crippen LogP contribution in [0.3, 0.4) is 0 Å². The van der Waals surface area contributed by atoms with Gasteiger partial charge in [-0.2, -0.15) is 0 Å². The van der Waals surface area contributed by atoms with Gasteiger partial charge in [0.05, 0.1) is 17.4 Å². The average Bonchev–Trinajstić information content (AvgIpc) is 2.42. The Morgan fingerprint density at radius 3 is 2.55 bits per heavy atom. The molecule has 0 heterocycles. The normalized spacial score (nSPS) is 12.2. The van der Waals surface area contributed by atoms with E-state index in [1.54, 1.807) is 24.1 Å². The number of halogens is 3. The zero-order valence-electron chi connectivity index (χ0n) is 11.2. The van der Waals surface area contributed by atoms with E-state index in [4.69, 9.17) is 17.3 Å². The Morgan fingerprint density at radius 1 is 1.20 bits per heavy atom. The number of nitrogen functional groups attached to an aromatic ring is 1. The van der Waals surface area contributed by atoms with Gasteiger partial charge in [0.1, 0.15) is 0 Å². The number of benzene rings is 2. The van der Waals surface area contributed by atoms with Gasteiger partial charge in [-0.1, -0.05) is 23.7 Å². The summed E-state index contributed by atoms with van der Waals surface area (Å²) in [5.74, 6) is -1.86. The lowest BCUT2D eigenvalue weighted by Crippen LogP contribution is -2.24. The first-order valence-electron chi connectivity index (χ1n) is 6.13. The lowest BCUT2D eigenvalue weighted by molar-refractivity contribution is 0.505. The topological polar surface area (TPSA) is 29.3 Å². The summed E-state index contributed by atoms with van der Waals surface area (Å²) in [6, 6.07) is 9.41. The molecule has 0 aromatic heterocycles. The van der Waals surface area contributed by atoms with Gasteiger partial charge < -0.3 is 10.6 Å². The van der Waals surface area contributed by atoms with Crippen LogP contribution in [0.1, 0.15) is 18.5 Å². The fourth-order valence-corrected chi connectivity index (χ4v) is 2.30. The second-order valence-electron chi connectivity index (χ2n) is 4.64. The molecule has 0 fully saturated rings. The lowest BCUT2D eigenvalue weighted by Gasteiger charge is -2.29. The van der Waals surface area contributed by atoms with Crippen molar-refractivity contribution in [2.45, 2.75) is 13.0 Å². The average molecular weight is 297 g/mol. The van der Waals surface area contributed by atoms with Crippen LogP contribution in [0, 0.1) is 11.6 Å². The summed E-state index contributed by atoms with van der Waals surface area (Å²) in [5.41, 5.74) is 6.90. The predicted molar refractivity (Wildman–Crippen MR) is 79.0 cm³/mol. The second kappa shape index (κ2) is 5.67. The van der Waals surface area contributed by atoms with Crippen molar-refractivity contribution in [3.8, 4) is 0 Å². The van der Waals surface area contributed by atoms with Crippen molar-refractivity contribution in [1.29, 1.82) is 0 Å². The van der Waals surface area contributed by atoms with Gasteiger partial charge in [0.25, 0.3) is 0 Å². The minimum atomic E-state index is -0.943. The predicted octanol–water partition coefficient (Wildman–Crippen LogP) is 4.40. The maximum Gasteiger partial charge on any atom is 0.184 e. The maximum absolute atomic E-state index is 13.9.